The third-order valence-electron chi connectivity index (χ3n) is 2.54. The summed E-state index contributed by atoms with van der Waals surface area (Å²) in [6, 6.07) is 5.72. The molecule has 0 aromatic heterocycles. The maximum atomic E-state index is 12.7. The SMILES string of the molecule is CC(C)(C(=O)CN=[N+]=[N-])c1ccc(F)cc1. The van der Waals surface area contributed by atoms with Crippen LogP contribution in [0.15, 0.2) is 29.4 Å². The van der Waals surface area contributed by atoms with E-state index in [-0.39, 0.29) is 18.1 Å². The smallest absolute Gasteiger partial charge is 0.148 e. The summed E-state index contributed by atoms with van der Waals surface area (Å²) >= 11 is 0. The van der Waals surface area contributed by atoms with E-state index in [0.717, 1.165) is 0 Å². The fraction of sp³-hybridized carbons (Fsp3) is 0.364. The van der Waals surface area contributed by atoms with Crippen molar-refractivity contribution in [1.29, 1.82) is 0 Å². The first-order valence-corrected chi connectivity index (χ1v) is 4.78. The Morgan fingerprint density at radius 1 is 1.44 bits per heavy atom. The lowest BCUT2D eigenvalue weighted by Gasteiger charge is -2.22. The molecule has 0 aliphatic heterocycles. The Balaban J connectivity index is 2.96. The molecular formula is C11H12FN3O. The number of carbonyl (C=O) groups is 1. The average Bonchev–Trinajstić information content (AvgIpc) is 2.26. The summed E-state index contributed by atoms with van der Waals surface area (Å²) in [5.41, 5.74) is 8.07. The van der Waals surface area contributed by atoms with Crippen LogP contribution in [0.4, 0.5) is 4.39 Å². The van der Waals surface area contributed by atoms with Crippen LogP contribution in [0.2, 0.25) is 0 Å². The molecule has 0 saturated heterocycles. The zero-order valence-electron chi connectivity index (χ0n) is 9.14. The van der Waals surface area contributed by atoms with Crippen molar-refractivity contribution in [3.63, 3.8) is 0 Å². The van der Waals surface area contributed by atoms with Gasteiger partial charge in [0.15, 0.2) is 0 Å². The molecule has 0 aliphatic carbocycles. The molecule has 0 heterocycles. The molecule has 0 bridgehead atoms. The van der Waals surface area contributed by atoms with Crippen LogP contribution in [-0.2, 0) is 10.2 Å². The number of azide groups is 1. The molecule has 0 N–H and O–H groups in total. The summed E-state index contributed by atoms with van der Waals surface area (Å²) < 4.78 is 12.7. The zero-order valence-corrected chi connectivity index (χ0v) is 9.14. The van der Waals surface area contributed by atoms with E-state index in [0.29, 0.717) is 5.56 Å². The van der Waals surface area contributed by atoms with Crippen LogP contribution < -0.4 is 0 Å². The van der Waals surface area contributed by atoms with Gasteiger partial charge in [-0.25, -0.2) is 4.39 Å². The molecule has 1 aromatic rings. The number of benzene rings is 1. The topological polar surface area (TPSA) is 65.8 Å². The van der Waals surface area contributed by atoms with Crippen molar-refractivity contribution in [2.75, 3.05) is 6.54 Å². The Kier molecular flexibility index (Phi) is 3.64. The van der Waals surface area contributed by atoms with Gasteiger partial charge in [-0.1, -0.05) is 17.2 Å². The number of hydrogen-bond acceptors (Lipinski definition) is 2. The van der Waals surface area contributed by atoms with E-state index in [1.165, 1.54) is 12.1 Å². The third-order valence-corrected chi connectivity index (χ3v) is 2.54. The summed E-state index contributed by atoms with van der Waals surface area (Å²) in [6.45, 7) is 3.24. The lowest BCUT2D eigenvalue weighted by molar-refractivity contribution is -0.122. The van der Waals surface area contributed by atoms with E-state index in [1.807, 2.05) is 0 Å². The van der Waals surface area contributed by atoms with E-state index in [1.54, 1.807) is 26.0 Å². The number of ketones is 1. The molecule has 0 aliphatic rings. The van der Waals surface area contributed by atoms with Crippen molar-refractivity contribution in [2.45, 2.75) is 19.3 Å². The monoisotopic (exact) mass is 221 g/mol. The van der Waals surface area contributed by atoms with Gasteiger partial charge in [-0.3, -0.25) is 4.79 Å². The maximum Gasteiger partial charge on any atom is 0.148 e. The first-order valence-electron chi connectivity index (χ1n) is 4.78. The quantitative estimate of drug-likeness (QED) is 0.438. The van der Waals surface area contributed by atoms with Crippen LogP contribution in [0.3, 0.4) is 0 Å². The number of Topliss-reactive ketones (excluding diaryl/α,β-unsaturated/α-hetero) is 1. The van der Waals surface area contributed by atoms with Gasteiger partial charge in [0.1, 0.15) is 11.6 Å². The Labute approximate surface area is 92.7 Å². The van der Waals surface area contributed by atoms with Crippen LogP contribution in [0.25, 0.3) is 10.4 Å². The van der Waals surface area contributed by atoms with E-state index < -0.39 is 5.41 Å². The summed E-state index contributed by atoms with van der Waals surface area (Å²) in [5.74, 6) is -0.543. The van der Waals surface area contributed by atoms with Gasteiger partial charge in [0.2, 0.25) is 0 Å². The normalized spacial score (nSPS) is 10.7. The van der Waals surface area contributed by atoms with Crippen molar-refractivity contribution >= 4 is 5.78 Å². The van der Waals surface area contributed by atoms with E-state index in [9.17, 15) is 9.18 Å². The van der Waals surface area contributed by atoms with Crippen LogP contribution in [0.5, 0.6) is 0 Å². The second-order valence-electron chi connectivity index (χ2n) is 3.94. The van der Waals surface area contributed by atoms with Gasteiger partial charge in [-0.05, 0) is 37.1 Å². The van der Waals surface area contributed by atoms with Gasteiger partial charge in [0, 0.05) is 10.3 Å². The van der Waals surface area contributed by atoms with Gasteiger partial charge in [0.25, 0.3) is 0 Å². The Hall–Kier alpha value is -1.87. The standard InChI is InChI=1S/C11H12FN3O/c1-11(2,10(16)7-14-15-13)8-3-5-9(12)6-4-8/h3-6H,7H2,1-2H3. The average molecular weight is 221 g/mol. The zero-order chi connectivity index (χ0) is 12.2. The summed E-state index contributed by atoms with van der Waals surface area (Å²) in [7, 11) is 0. The minimum absolute atomic E-state index is 0.194. The minimum Gasteiger partial charge on any atom is -0.299 e. The molecule has 0 spiro atoms. The molecule has 4 nitrogen and oxygen atoms in total. The molecule has 0 fully saturated rings. The van der Waals surface area contributed by atoms with Gasteiger partial charge < -0.3 is 0 Å². The molecule has 1 aromatic carbocycles. The molecule has 0 amide bonds. The molecule has 84 valence electrons. The van der Waals surface area contributed by atoms with E-state index in [4.69, 9.17) is 5.53 Å². The maximum absolute atomic E-state index is 12.7. The highest BCUT2D eigenvalue weighted by atomic mass is 19.1. The molecule has 0 unspecified atom stereocenters. The molecule has 5 heteroatoms. The lowest BCUT2D eigenvalue weighted by atomic mass is 9.80. The fourth-order valence-corrected chi connectivity index (χ4v) is 1.32. The van der Waals surface area contributed by atoms with Crippen LogP contribution in [0, 0.1) is 5.82 Å². The molecule has 0 atom stereocenters. The first kappa shape index (κ1) is 12.2. The number of carbonyl (C=O) groups excluding carboxylic acids is 1. The van der Waals surface area contributed by atoms with Crippen molar-refractivity contribution in [1.82, 2.24) is 0 Å². The molecule has 1 rings (SSSR count). The van der Waals surface area contributed by atoms with Crippen molar-refractivity contribution < 1.29 is 9.18 Å². The minimum atomic E-state index is -0.776. The van der Waals surface area contributed by atoms with Crippen LogP contribution >= 0.6 is 0 Å². The second-order valence-corrected chi connectivity index (χ2v) is 3.94. The Morgan fingerprint density at radius 3 is 2.50 bits per heavy atom. The lowest BCUT2D eigenvalue weighted by Crippen LogP contribution is -2.30. The van der Waals surface area contributed by atoms with Gasteiger partial charge in [-0.2, -0.15) is 0 Å². The summed E-state index contributed by atoms with van der Waals surface area (Å²) in [5, 5.41) is 3.24. The molecule has 0 saturated carbocycles. The van der Waals surface area contributed by atoms with Crippen LogP contribution in [-0.4, -0.2) is 12.3 Å². The van der Waals surface area contributed by atoms with E-state index in [2.05, 4.69) is 10.0 Å². The number of hydrogen-bond donors (Lipinski definition) is 0. The van der Waals surface area contributed by atoms with Gasteiger partial charge >= 0.3 is 0 Å². The highest BCUT2D eigenvalue weighted by Crippen LogP contribution is 2.24. The van der Waals surface area contributed by atoms with Crippen LogP contribution in [0.1, 0.15) is 19.4 Å². The fourth-order valence-electron chi connectivity index (χ4n) is 1.32. The Morgan fingerprint density at radius 2 is 2.00 bits per heavy atom. The largest absolute Gasteiger partial charge is 0.299 e. The van der Waals surface area contributed by atoms with Crippen molar-refractivity contribution in [2.24, 2.45) is 5.11 Å². The highest BCUT2D eigenvalue weighted by molar-refractivity contribution is 5.91. The molecule has 16 heavy (non-hydrogen) atoms. The first-order chi connectivity index (χ1) is 7.48. The number of nitrogens with zero attached hydrogens (tertiary/aromatic N) is 3. The van der Waals surface area contributed by atoms with Gasteiger partial charge in [-0.15, -0.1) is 0 Å². The third kappa shape index (κ3) is 2.58. The number of rotatable bonds is 4. The number of halogens is 1. The summed E-state index contributed by atoms with van der Waals surface area (Å²) in [6.07, 6.45) is 0. The van der Waals surface area contributed by atoms with Crippen molar-refractivity contribution in [3.8, 4) is 0 Å². The Bertz CT molecular complexity index is 433. The summed E-state index contributed by atoms with van der Waals surface area (Å²) in [4.78, 5) is 14.3. The van der Waals surface area contributed by atoms with E-state index >= 15 is 0 Å². The predicted octanol–water partition coefficient (Wildman–Crippen LogP) is 2.98. The predicted molar refractivity (Wildman–Crippen MR) is 58.4 cm³/mol. The highest BCUT2D eigenvalue weighted by Gasteiger charge is 2.28. The van der Waals surface area contributed by atoms with Crippen molar-refractivity contribution in [3.05, 3.63) is 46.1 Å². The molecule has 0 radical (unpaired) electrons. The van der Waals surface area contributed by atoms with Gasteiger partial charge in [0.05, 0.1) is 6.54 Å². The second kappa shape index (κ2) is 4.77. The molecular weight excluding hydrogens is 209 g/mol.